The molecule has 0 radical (unpaired) electrons. The molecular weight excluding hydrogens is 422 g/mol. The fraction of sp³-hybridized carbons (Fsp3) is 0.250. The summed E-state index contributed by atoms with van der Waals surface area (Å²) < 4.78 is 1.78. The number of hydrogen-bond acceptors (Lipinski definition) is 6. The van der Waals surface area contributed by atoms with Crippen LogP contribution in [0.15, 0.2) is 58.5 Å². The van der Waals surface area contributed by atoms with Crippen molar-refractivity contribution in [3.63, 3.8) is 0 Å². The number of nitrogens with two attached hydrogens (primary N) is 1. The van der Waals surface area contributed by atoms with Crippen LogP contribution < -0.4 is 5.73 Å². The first-order valence-corrected chi connectivity index (χ1v) is 11.2. The van der Waals surface area contributed by atoms with Crippen LogP contribution in [0.4, 0.5) is 5.69 Å². The highest BCUT2D eigenvalue weighted by atomic mass is 32.2. The number of aromatic nitrogens is 2. The van der Waals surface area contributed by atoms with Gasteiger partial charge in [0.25, 0.3) is 0 Å². The molecule has 1 heterocycles. The van der Waals surface area contributed by atoms with Crippen LogP contribution in [0, 0.1) is 6.92 Å². The fourth-order valence-electron chi connectivity index (χ4n) is 3.23. The Balaban J connectivity index is 1.98. The highest BCUT2D eigenvalue weighted by molar-refractivity contribution is 7.98. The Kier molecular flexibility index (Phi) is 7.97. The van der Waals surface area contributed by atoms with E-state index in [0.717, 1.165) is 51.4 Å². The van der Waals surface area contributed by atoms with Crippen LogP contribution in [0.25, 0.3) is 11.1 Å². The van der Waals surface area contributed by atoms with E-state index in [0.29, 0.717) is 24.5 Å². The normalized spacial score (nSPS) is 11.4. The van der Waals surface area contributed by atoms with Gasteiger partial charge in [-0.1, -0.05) is 18.2 Å². The minimum atomic E-state index is 0.361. The molecule has 0 fully saturated rings. The quantitative estimate of drug-likeness (QED) is 0.231. The molecule has 166 valence electrons. The van der Waals surface area contributed by atoms with E-state index < -0.39 is 0 Å². The van der Waals surface area contributed by atoms with Gasteiger partial charge >= 0.3 is 0 Å². The molecule has 0 atom stereocenters. The number of aldehydes is 1. The molecule has 3 rings (SSSR count). The van der Waals surface area contributed by atoms with Crippen molar-refractivity contribution in [2.45, 2.75) is 24.5 Å². The van der Waals surface area contributed by atoms with Gasteiger partial charge in [-0.15, -0.1) is 11.8 Å². The summed E-state index contributed by atoms with van der Waals surface area (Å²) in [5.74, 6) is 1.30. The van der Waals surface area contributed by atoms with Gasteiger partial charge in [-0.05, 0) is 54.8 Å². The predicted octanol–water partition coefficient (Wildman–Crippen LogP) is 3.97. The van der Waals surface area contributed by atoms with Gasteiger partial charge in [-0.25, -0.2) is 4.99 Å². The minimum absolute atomic E-state index is 0.361. The van der Waals surface area contributed by atoms with E-state index in [1.807, 2.05) is 62.6 Å². The van der Waals surface area contributed by atoms with Gasteiger partial charge < -0.3 is 10.6 Å². The molecule has 3 aromatic rings. The van der Waals surface area contributed by atoms with Crippen molar-refractivity contribution in [3.8, 4) is 11.1 Å². The molecule has 32 heavy (non-hydrogen) atoms. The maximum absolute atomic E-state index is 11.4. The van der Waals surface area contributed by atoms with Crippen molar-refractivity contribution in [1.82, 2.24) is 14.7 Å². The molecule has 8 heteroatoms. The van der Waals surface area contributed by atoms with Crippen LogP contribution in [-0.4, -0.2) is 46.3 Å². The summed E-state index contributed by atoms with van der Waals surface area (Å²) in [6.45, 7) is 4.53. The Morgan fingerprint density at radius 1 is 1.22 bits per heavy atom. The number of hydrogen-bond donors (Lipinski definition) is 1. The zero-order valence-corrected chi connectivity index (χ0v) is 19.3. The van der Waals surface area contributed by atoms with Crippen LogP contribution in [0.2, 0.25) is 0 Å². The molecule has 0 aliphatic heterocycles. The second-order valence-corrected chi connectivity index (χ2v) is 8.41. The van der Waals surface area contributed by atoms with Gasteiger partial charge in [0.2, 0.25) is 6.41 Å². The van der Waals surface area contributed by atoms with E-state index in [9.17, 15) is 9.59 Å². The van der Waals surface area contributed by atoms with Crippen LogP contribution >= 0.6 is 11.8 Å². The highest BCUT2D eigenvalue weighted by Gasteiger charge is 2.12. The summed E-state index contributed by atoms with van der Waals surface area (Å²) >= 11 is 1.67. The standard InChI is InChI=1S/C24H27N5O2S/c1-17-4-6-20(13-23(17)26-18(2)29(16-31)11-9-25)22-12-19(14-30)5-7-24(22)32-15-21-8-10-28(3)27-21/h4-8,10,12-14,16H,9,11,15,25H2,1-3H3. The summed E-state index contributed by atoms with van der Waals surface area (Å²) in [7, 11) is 1.90. The lowest BCUT2D eigenvalue weighted by Gasteiger charge is -2.16. The summed E-state index contributed by atoms with van der Waals surface area (Å²) in [5.41, 5.74) is 10.8. The smallest absolute Gasteiger partial charge is 0.215 e. The monoisotopic (exact) mass is 449 g/mol. The van der Waals surface area contributed by atoms with E-state index in [1.54, 1.807) is 23.4 Å². The molecule has 0 spiro atoms. The molecule has 0 aliphatic rings. The summed E-state index contributed by atoms with van der Waals surface area (Å²) in [5, 5.41) is 4.44. The van der Waals surface area contributed by atoms with E-state index in [1.165, 1.54) is 4.90 Å². The van der Waals surface area contributed by atoms with E-state index in [2.05, 4.69) is 10.1 Å². The molecule has 1 amide bonds. The van der Waals surface area contributed by atoms with Crippen LogP contribution in [0.3, 0.4) is 0 Å². The molecule has 2 aromatic carbocycles. The summed E-state index contributed by atoms with van der Waals surface area (Å²) in [6.07, 6.45) is 3.51. The number of nitrogens with zero attached hydrogens (tertiary/aromatic N) is 4. The SMILES string of the molecule is CC(=Nc1cc(-c2cc(C=O)ccc2SCc2ccn(C)n2)ccc1C)N(C=O)CCN. The van der Waals surface area contributed by atoms with Crippen molar-refractivity contribution in [3.05, 3.63) is 65.5 Å². The number of aryl methyl sites for hydroxylation is 2. The summed E-state index contributed by atoms with van der Waals surface area (Å²) in [6, 6.07) is 13.7. The number of thioether (sulfide) groups is 1. The largest absolute Gasteiger partial charge is 0.329 e. The fourth-order valence-corrected chi connectivity index (χ4v) is 4.18. The van der Waals surface area contributed by atoms with Gasteiger partial charge in [0.15, 0.2) is 0 Å². The van der Waals surface area contributed by atoms with Gasteiger partial charge in [-0.3, -0.25) is 14.3 Å². The van der Waals surface area contributed by atoms with Gasteiger partial charge in [-0.2, -0.15) is 5.10 Å². The van der Waals surface area contributed by atoms with Gasteiger partial charge in [0.1, 0.15) is 12.1 Å². The Labute approximate surface area is 192 Å². The first kappa shape index (κ1) is 23.4. The molecule has 1 aromatic heterocycles. The topological polar surface area (TPSA) is 93.6 Å². The molecule has 7 nitrogen and oxygen atoms in total. The number of carbonyl (C=O) groups excluding carboxylic acids is 2. The Morgan fingerprint density at radius 3 is 2.69 bits per heavy atom. The van der Waals surface area contributed by atoms with Crippen LogP contribution in [0.5, 0.6) is 0 Å². The van der Waals surface area contributed by atoms with E-state index in [4.69, 9.17) is 5.73 Å². The molecule has 0 saturated carbocycles. The molecule has 0 saturated heterocycles. The zero-order chi connectivity index (χ0) is 23.1. The second-order valence-electron chi connectivity index (χ2n) is 7.39. The Morgan fingerprint density at radius 2 is 2.03 bits per heavy atom. The molecule has 0 bridgehead atoms. The number of benzene rings is 2. The van der Waals surface area contributed by atoms with Crippen molar-refractivity contribution in [1.29, 1.82) is 0 Å². The first-order chi connectivity index (χ1) is 15.4. The Bertz CT molecular complexity index is 1140. The molecule has 2 N–H and O–H groups in total. The van der Waals surface area contributed by atoms with Crippen molar-refractivity contribution in [2.75, 3.05) is 13.1 Å². The number of amides is 1. The number of carbonyl (C=O) groups is 2. The van der Waals surface area contributed by atoms with Gasteiger partial charge in [0, 0.05) is 42.5 Å². The lowest BCUT2D eigenvalue weighted by molar-refractivity contribution is -0.114. The lowest BCUT2D eigenvalue weighted by Crippen LogP contribution is -2.32. The third-order valence-electron chi connectivity index (χ3n) is 5.00. The minimum Gasteiger partial charge on any atom is -0.329 e. The zero-order valence-electron chi connectivity index (χ0n) is 18.5. The predicted molar refractivity (Wildman–Crippen MR) is 129 cm³/mol. The van der Waals surface area contributed by atoms with E-state index >= 15 is 0 Å². The van der Waals surface area contributed by atoms with Crippen molar-refractivity contribution in [2.24, 2.45) is 17.8 Å². The van der Waals surface area contributed by atoms with Crippen LogP contribution in [-0.2, 0) is 17.6 Å². The first-order valence-electron chi connectivity index (χ1n) is 10.2. The highest BCUT2D eigenvalue weighted by Crippen LogP contribution is 2.36. The van der Waals surface area contributed by atoms with Crippen molar-refractivity contribution < 1.29 is 9.59 Å². The molecule has 0 unspecified atom stereocenters. The van der Waals surface area contributed by atoms with Crippen molar-refractivity contribution >= 4 is 36.0 Å². The third-order valence-corrected chi connectivity index (χ3v) is 6.11. The second kappa shape index (κ2) is 10.9. The number of amidine groups is 1. The molecule has 0 aliphatic carbocycles. The summed E-state index contributed by atoms with van der Waals surface area (Å²) in [4.78, 5) is 30.0. The maximum Gasteiger partial charge on any atom is 0.215 e. The third kappa shape index (κ3) is 5.72. The lowest BCUT2D eigenvalue weighted by atomic mass is 10.0. The van der Waals surface area contributed by atoms with E-state index in [-0.39, 0.29) is 0 Å². The van der Waals surface area contributed by atoms with Gasteiger partial charge in [0.05, 0.1) is 11.4 Å². The Hall–Kier alpha value is -3.23. The van der Waals surface area contributed by atoms with Crippen LogP contribution in [0.1, 0.15) is 28.5 Å². The molecular formula is C24H27N5O2S. The average Bonchev–Trinajstić information content (AvgIpc) is 3.22. The maximum atomic E-state index is 11.4. The number of rotatable bonds is 9. The number of aliphatic imine (C=N–C) groups is 1. The average molecular weight is 450 g/mol.